The maximum absolute atomic E-state index is 12.2. The lowest BCUT2D eigenvalue weighted by molar-refractivity contribution is 0.575. The van der Waals surface area contributed by atoms with Gasteiger partial charge < -0.3 is 9.47 Å². The van der Waals surface area contributed by atoms with Crippen molar-refractivity contribution in [2.45, 2.75) is 25.4 Å². The van der Waals surface area contributed by atoms with Crippen LogP contribution in [0.2, 0.25) is 0 Å². The third-order valence-electron chi connectivity index (χ3n) is 3.13. The van der Waals surface area contributed by atoms with E-state index in [2.05, 4.69) is 19.7 Å². The molecule has 0 saturated heterocycles. The van der Waals surface area contributed by atoms with Gasteiger partial charge in [0, 0.05) is 39.1 Å². The van der Waals surface area contributed by atoms with Crippen molar-refractivity contribution in [2.24, 2.45) is 7.05 Å². The molecule has 0 fully saturated rings. The highest BCUT2D eigenvalue weighted by molar-refractivity contribution is 7.89. The lowest BCUT2D eigenvalue weighted by atomic mass is 10.4. The molecule has 2 aromatic heterocycles. The van der Waals surface area contributed by atoms with Crippen molar-refractivity contribution in [3.8, 4) is 0 Å². The first-order valence-corrected chi connectivity index (χ1v) is 8.19. The number of aryl methyl sites for hydroxylation is 3. The van der Waals surface area contributed by atoms with Crippen LogP contribution in [0.5, 0.6) is 0 Å². The number of nitrogens with one attached hydrogen (secondary N) is 1. The number of hydrogen-bond donors (Lipinski definition) is 1. The molecule has 0 aliphatic heterocycles. The van der Waals surface area contributed by atoms with Crippen LogP contribution in [0.15, 0.2) is 17.3 Å². The summed E-state index contributed by atoms with van der Waals surface area (Å²) in [7, 11) is 1.80. The highest BCUT2D eigenvalue weighted by Gasteiger charge is 2.19. The van der Waals surface area contributed by atoms with E-state index in [0.717, 1.165) is 11.5 Å². The van der Waals surface area contributed by atoms with Crippen LogP contribution in [0.1, 0.15) is 17.3 Å². The molecule has 2 rings (SSSR count). The molecule has 1 N–H and O–H groups in total. The first kappa shape index (κ1) is 16.4. The lowest BCUT2D eigenvalue weighted by Crippen LogP contribution is -2.25. The second-order valence-electron chi connectivity index (χ2n) is 5.24. The zero-order chi connectivity index (χ0) is 16.5. The van der Waals surface area contributed by atoms with Gasteiger partial charge in [-0.1, -0.05) is 0 Å². The van der Waals surface area contributed by atoms with Crippen LogP contribution in [0, 0.1) is 13.8 Å². The molecule has 0 aliphatic carbocycles. The number of rotatable bonds is 5. The third-order valence-corrected chi connectivity index (χ3v) is 4.40. The number of imidazole rings is 1. The monoisotopic (exact) mass is 324 g/mol. The molecule has 0 radical (unpaired) electrons. The summed E-state index contributed by atoms with van der Waals surface area (Å²) >= 11 is 0. The Morgan fingerprint density at radius 2 is 1.91 bits per heavy atom. The smallest absolute Gasteiger partial charge is 0.259 e. The number of hydrogen-bond acceptors (Lipinski definition) is 6. The van der Waals surface area contributed by atoms with Crippen LogP contribution in [0.3, 0.4) is 0 Å². The second-order valence-corrected chi connectivity index (χ2v) is 6.95. The zero-order valence-corrected chi connectivity index (χ0v) is 14.1. The lowest BCUT2D eigenvalue weighted by Gasteiger charge is -2.13. The predicted octanol–water partition coefficient (Wildman–Crippen LogP) is 0.371. The summed E-state index contributed by atoms with van der Waals surface area (Å²) in [5, 5.41) is -0.00649. The molecule has 0 aliphatic rings. The van der Waals surface area contributed by atoms with Gasteiger partial charge in [-0.25, -0.2) is 28.1 Å². The maximum Gasteiger partial charge on any atom is 0.259 e. The summed E-state index contributed by atoms with van der Waals surface area (Å²) in [6, 6.07) is 1.83. The first-order valence-electron chi connectivity index (χ1n) is 6.70. The molecule has 120 valence electrons. The topological polar surface area (TPSA) is 93.0 Å². The second kappa shape index (κ2) is 6.01. The van der Waals surface area contributed by atoms with Crippen molar-refractivity contribution in [1.29, 1.82) is 0 Å². The van der Waals surface area contributed by atoms with Gasteiger partial charge in [0.05, 0.1) is 6.54 Å². The van der Waals surface area contributed by atoms with E-state index >= 15 is 0 Å². The van der Waals surface area contributed by atoms with Crippen LogP contribution in [-0.2, 0) is 23.6 Å². The first-order chi connectivity index (χ1) is 10.2. The Morgan fingerprint density at radius 1 is 1.23 bits per heavy atom. The molecule has 0 spiro atoms. The Kier molecular flexibility index (Phi) is 4.47. The standard InChI is InChI=1S/C13H20N6O2S/c1-9-6-12(18(3)4)17-11(15-9)7-14-22(20,21)13-8-19(5)10(2)16-13/h6,8,14H,7H2,1-5H3. The Balaban J connectivity index is 2.19. The summed E-state index contributed by atoms with van der Waals surface area (Å²) < 4.78 is 28.6. The van der Waals surface area contributed by atoms with Gasteiger partial charge in [-0.2, -0.15) is 0 Å². The molecule has 0 amide bonds. The van der Waals surface area contributed by atoms with E-state index in [-0.39, 0.29) is 11.6 Å². The average Bonchev–Trinajstić information content (AvgIpc) is 2.77. The molecule has 0 bridgehead atoms. The van der Waals surface area contributed by atoms with E-state index < -0.39 is 10.0 Å². The van der Waals surface area contributed by atoms with Gasteiger partial charge in [0.25, 0.3) is 10.0 Å². The fraction of sp³-hybridized carbons (Fsp3) is 0.462. The minimum Gasteiger partial charge on any atom is -0.363 e. The zero-order valence-electron chi connectivity index (χ0n) is 13.3. The van der Waals surface area contributed by atoms with Gasteiger partial charge in [-0.15, -0.1) is 0 Å². The Hall–Kier alpha value is -2.00. The molecule has 0 aromatic carbocycles. The fourth-order valence-electron chi connectivity index (χ4n) is 1.81. The number of nitrogens with zero attached hydrogens (tertiary/aromatic N) is 5. The van der Waals surface area contributed by atoms with Crippen molar-refractivity contribution in [1.82, 2.24) is 24.2 Å². The summed E-state index contributed by atoms with van der Waals surface area (Å²) in [6.07, 6.45) is 1.47. The minimum absolute atomic E-state index is 0.00649. The van der Waals surface area contributed by atoms with Crippen LogP contribution in [0.4, 0.5) is 5.82 Å². The highest BCUT2D eigenvalue weighted by Crippen LogP contribution is 2.11. The minimum atomic E-state index is -3.68. The van der Waals surface area contributed by atoms with Gasteiger partial charge in [-0.05, 0) is 13.8 Å². The highest BCUT2D eigenvalue weighted by atomic mass is 32.2. The summed E-state index contributed by atoms with van der Waals surface area (Å²) in [6.45, 7) is 3.60. The number of sulfonamides is 1. The van der Waals surface area contributed by atoms with Crippen molar-refractivity contribution >= 4 is 15.8 Å². The van der Waals surface area contributed by atoms with Gasteiger partial charge in [0.15, 0.2) is 5.03 Å². The molecule has 2 heterocycles. The van der Waals surface area contributed by atoms with Crippen LogP contribution >= 0.6 is 0 Å². The van der Waals surface area contributed by atoms with Crippen LogP contribution in [-0.4, -0.2) is 42.0 Å². The molecule has 9 heteroatoms. The average molecular weight is 324 g/mol. The SMILES string of the molecule is Cc1cc(N(C)C)nc(CNS(=O)(=O)c2cn(C)c(C)n2)n1. The van der Waals surface area contributed by atoms with Gasteiger partial charge in [0.2, 0.25) is 0 Å². The van der Waals surface area contributed by atoms with E-state index in [1.165, 1.54) is 6.20 Å². The van der Waals surface area contributed by atoms with E-state index in [9.17, 15) is 8.42 Å². The maximum atomic E-state index is 12.2. The molecular weight excluding hydrogens is 304 g/mol. The largest absolute Gasteiger partial charge is 0.363 e. The third kappa shape index (κ3) is 3.60. The van der Waals surface area contributed by atoms with Crippen LogP contribution < -0.4 is 9.62 Å². The van der Waals surface area contributed by atoms with E-state index in [1.807, 2.05) is 32.0 Å². The molecule has 0 saturated carbocycles. The van der Waals surface area contributed by atoms with Crippen molar-refractivity contribution in [3.05, 3.63) is 29.6 Å². The van der Waals surface area contributed by atoms with Crippen molar-refractivity contribution in [2.75, 3.05) is 19.0 Å². The predicted molar refractivity (Wildman–Crippen MR) is 83.1 cm³/mol. The number of aromatic nitrogens is 4. The van der Waals surface area contributed by atoms with E-state index in [1.54, 1.807) is 18.5 Å². The molecule has 22 heavy (non-hydrogen) atoms. The molecule has 8 nitrogen and oxygen atoms in total. The van der Waals surface area contributed by atoms with Crippen LogP contribution in [0.25, 0.3) is 0 Å². The Bertz CT molecular complexity index is 762. The Labute approximate surface area is 130 Å². The quantitative estimate of drug-likeness (QED) is 0.854. The fourth-order valence-corrected chi connectivity index (χ4v) is 2.83. The summed E-state index contributed by atoms with van der Waals surface area (Å²) in [5.41, 5.74) is 0.779. The van der Waals surface area contributed by atoms with Gasteiger partial charge in [-0.3, -0.25) is 0 Å². The van der Waals surface area contributed by atoms with Crippen molar-refractivity contribution < 1.29 is 8.42 Å². The molecule has 0 atom stereocenters. The summed E-state index contributed by atoms with van der Waals surface area (Å²) in [5.74, 6) is 1.78. The molecule has 2 aromatic rings. The van der Waals surface area contributed by atoms with Crippen molar-refractivity contribution in [3.63, 3.8) is 0 Å². The van der Waals surface area contributed by atoms with Gasteiger partial charge >= 0.3 is 0 Å². The number of anilines is 1. The van der Waals surface area contributed by atoms with E-state index in [4.69, 9.17) is 0 Å². The molecule has 0 unspecified atom stereocenters. The normalized spacial score (nSPS) is 11.7. The Morgan fingerprint density at radius 3 is 2.45 bits per heavy atom. The summed E-state index contributed by atoms with van der Waals surface area (Å²) in [4.78, 5) is 14.4. The van der Waals surface area contributed by atoms with E-state index in [0.29, 0.717) is 11.6 Å². The van der Waals surface area contributed by atoms with Gasteiger partial charge in [0.1, 0.15) is 17.5 Å². The molecular formula is C13H20N6O2S.